The number of imidazole rings is 1. The summed E-state index contributed by atoms with van der Waals surface area (Å²) in [5, 5.41) is 0. The number of anilines is 1. The van der Waals surface area contributed by atoms with Crippen molar-refractivity contribution in [1.82, 2.24) is 23.8 Å². The van der Waals surface area contributed by atoms with Crippen LogP contribution in [0.1, 0.15) is 13.3 Å². The van der Waals surface area contributed by atoms with Crippen LogP contribution in [0.5, 0.6) is 0 Å². The quantitative estimate of drug-likeness (QED) is 0.792. The van der Waals surface area contributed by atoms with Crippen LogP contribution in [0.4, 0.5) is 5.82 Å². The first-order valence-corrected chi connectivity index (χ1v) is 9.24. The fourth-order valence-electron chi connectivity index (χ4n) is 2.63. The van der Waals surface area contributed by atoms with Gasteiger partial charge in [0.15, 0.2) is 0 Å². The summed E-state index contributed by atoms with van der Waals surface area (Å²) in [4.78, 5) is 14.6. The van der Waals surface area contributed by atoms with Crippen LogP contribution < -0.4 is 4.90 Å². The number of hydrogen-bond acceptors (Lipinski definition) is 6. The Bertz CT molecular complexity index is 738. The highest BCUT2D eigenvalue weighted by molar-refractivity contribution is 7.89. The molecule has 0 saturated carbocycles. The number of hydrogen-bond donors (Lipinski definition) is 0. The van der Waals surface area contributed by atoms with Gasteiger partial charge < -0.3 is 4.90 Å². The lowest BCUT2D eigenvalue weighted by Gasteiger charge is -2.34. The van der Waals surface area contributed by atoms with Crippen molar-refractivity contribution in [1.29, 1.82) is 0 Å². The second kappa shape index (κ2) is 6.63. The lowest BCUT2D eigenvalue weighted by molar-refractivity contribution is 0.383. The van der Waals surface area contributed by atoms with Gasteiger partial charge in [-0.25, -0.2) is 23.4 Å². The van der Waals surface area contributed by atoms with E-state index in [0.717, 1.165) is 11.6 Å². The number of rotatable bonds is 5. The van der Waals surface area contributed by atoms with E-state index in [2.05, 4.69) is 19.9 Å². The number of aromatic nitrogens is 4. The van der Waals surface area contributed by atoms with E-state index in [1.54, 1.807) is 16.8 Å². The van der Waals surface area contributed by atoms with Crippen LogP contribution in [-0.4, -0.2) is 64.2 Å². The Morgan fingerprint density at radius 3 is 2.52 bits per heavy atom. The molecule has 0 unspecified atom stereocenters. The molecular weight excluding hydrogens is 316 g/mol. The fourth-order valence-corrected chi connectivity index (χ4v) is 4.12. The molecule has 1 fully saturated rings. The summed E-state index contributed by atoms with van der Waals surface area (Å²) < 4.78 is 27.6. The SMILES string of the molecule is CCCS(=O)(=O)N1CCN(c2cc(-n3ccnc3)ncn2)CC1. The third-order valence-corrected chi connectivity index (χ3v) is 5.90. The molecule has 2 aromatic rings. The highest BCUT2D eigenvalue weighted by Gasteiger charge is 2.26. The van der Waals surface area contributed by atoms with Crippen LogP contribution in [-0.2, 0) is 10.0 Å². The molecule has 2 aromatic heterocycles. The monoisotopic (exact) mass is 336 g/mol. The van der Waals surface area contributed by atoms with E-state index < -0.39 is 10.0 Å². The average molecular weight is 336 g/mol. The van der Waals surface area contributed by atoms with E-state index in [0.29, 0.717) is 32.6 Å². The van der Waals surface area contributed by atoms with Gasteiger partial charge in [-0.15, -0.1) is 0 Å². The van der Waals surface area contributed by atoms with E-state index in [1.807, 2.05) is 23.8 Å². The van der Waals surface area contributed by atoms with E-state index in [9.17, 15) is 8.42 Å². The van der Waals surface area contributed by atoms with Gasteiger partial charge in [0.2, 0.25) is 10.0 Å². The minimum atomic E-state index is -3.12. The van der Waals surface area contributed by atoms with Gasteiger partial charge in [0.05, 0.1) is 5.75 Å². The molecule has 1 saturated heterocycles. The maximum Gasteiger partial charge on any atom is 0.214 e. The zero-order chi connectivity index (χ0) is 16.3. The molecule has 3 rings (SSSR count). The van der Waals surface area contributed by atoms with Gasteiger partial charge in [0.25, 0.3) is 0 Å². The highest BCUT2D eigenvalue weighted by atomic mass is 32.2. The minimum absolute atomic E-state index is 0.214. The summed E-state index contributed by atoms with van der Waals surface area (Å²) in [6, 6.07) is 1.89. The second-order valence-corrected chi connectivity index (χ2v) is 7.49. The van der Waals surface area contributed by atoms with Crippen molar-refractivity contribution < 1.29 is 8.42 Å². The lowest BCUT2D eigenvalue weighted by Crippen LogP contribution is -2.49. The number of nitrogens with zero attached hydrogens (tertiary/aromatic N) is 6. The topological polar surface area (TPSA) is 84.2 Å². The van der Waals surface area contributed by atoms with Crippen molar-refractivity contribution in [2.45, 2.75) is 13.3 Å². The predicted molar refractivity (Wildman–Crippen MR) is 87.0 cm³/mol. The molecule has 0 radical (unpaired) electrons. The Morgan fingerprint density at radius 2 is 1.87 bits per heavy atom. The average Bonchev–Trinajstić information content (AvgIpc) is 3.10. The molecule has 0 aromatic carbocycles. The third-order valence-electron chi connectivity index (χ3n) is 3.83. The molecule has 1 aliphatic heterocycles. The zero-order valence-corrected chi connectivity index (χ0v) is 13.9. The molecule has 23 heavy (non-hydrogen) atoms. The maximum atomic E-state index is 12.1. The molecule has 1 aliphatic rings. The standard InChI is InChI=1S/C14H20N6O2S/c1-2-9-23(21,22)20-7-5-18(6-8-20)13-10-14(17-11-16-13)19-4-3-15-12-19/h3-4,10-12H,2,5-9H2,1H3. The molecule has 0 aliphatic carbocycles. The third kappa shape index (κ3) is 3.50. The first-order valence-electron chi connectivity index (χ1n) is 7.63. The summed E-state index contributed by atoms with van der Waals surface area (Å²) in [7, 11) is -3.12. The Balaban J connectivity index is 1.70. The molecular formula is C14H20N6O2S. The summed E-state index contributed by atoms with van der Waals surface area (Å²) in [5.74, 6) is 1.76. The first kappa shape index (κ1) is 15.9. The highest BCUT2D eigenvalue weighted by Crippen LogP contribution is 2.17. The van der Waals surface area contributed by atoms with Crippen LogP contribution in [0.25, 0.3) is 5.82 Å². The summed E-state index contributed by atoms with van der Waals surface area (Å²) in [6.45, 7) is 4.12. The molecule has 3 heterocycles. The Hall–Kier alpha value is -2.00. The summed E-state index contributed by atoms with van der Waals surface area (Å²) in [6.07, 6.45) is 7.36. The Morgan fingerprint density at radius 1 is 1.13 bits per heavy atom. The van der Waals surface area contributed by atoms with E-state index >= 15 is 0 Å². The summed E-state index contributed by atoms with van der Waals surface area (Å²) >= 11 is 0. The van der Waals surface area contributed by atoms with Crippen LogP contribution in [0.3, 0.4) is 0 Å². The zero-order valence-electron chi connectivity index (χ0n) is 13.0. The van der Waals surface area contributed by atoms with Crippen LogP contribution >= 0.6 is 0 Å². The van der Waals surface area contributed by atoms with Crippen molar-refractivity contribution in [2.24, 2.45) is 0 Å². The fraction of sp³-hybridized carbons (Fsp3) is 0.500. The van der Waals surface area contributed by atoms with E-state index in [1.165, 1.54) is 6.33 Å². The normalized spacial score (nSPS) is 16.7. The molecule has 124 valence electrons. The van der Waals surface area contributed by atoms with Gasteiger partial charge >= 0.3 is 0 Å². The van der Waals surface area contributed by atoms with E-state index in [4.69, 9.17) is 0 Å². The predicted octanol–water partition coefficient (Wildman–Crippen LogP) is 0.524. The van der Waals surface area contributed by atoms with Crippen LogP contribution in [0.15, 0.2) is 31.1 Å². The molecule has 0 amide bonds. The van der Waals surface area contributed by atoms with Gasteiger partial charge in [-0.3, -0.25) is 4.57 Å². The molecule has 9 heteroatoms. The maximum absolute atomic E-state index is 12.1. The van der Waals surface area contributed by atoms with Crippen molar-refractivity contribution in [3.63, 3.8) is 0 Å². The molecule has 0 atom stereocenters. The Labute approximate surface area is 135 Å². The van der Waals surface area contributed by atoms with Gasteiger partial charge in [-0.1, -0.05) is 6.92 Å². The van der Waals surface area contributed by atoms with Gasteiger partial charge in [-0.2, -0.15) is 4.31 Å². The second-order valence-electron chi connectivity index (χ2n) is 5.41. The van der Waals surface area contributed by atoms with Crippen molar-refractivity contribution in [3.05, 3.63) is 31.1 Å². The molecule has 0 spiro atoms. The van der Waals surface area contributed by atoms with Crippen molar-refractivity contribution in [2.75, 3.05) is 36.8 Å². The molecule has 8 nitrogen and oxygen atoms in total. The van der Waals surface area contributed by atoms with E-state index in [-0.39, 0.29) is 5.75 Å². The first-order chi connectivity index (χ1) is 11.1. The van der Waals surface area contributed by atoms with Gasteiger partial charge in [0.1, 0.15) is 24.3 Å². The number of sulfonamides is 1. The van der Waals surface area contributed by atoms with Crippen LogP contribution in [0.2, 0.25) is 0 Å². The van der Waals surface area contributed by atoms with Crippen LogP contribution in [0, 0.1) is 0 Å². The lowest BCUT2D eigenvalue weighted by atomic mass is 10.3. The molecule has 0 bridgehead atoms. The summed E-state index contributed by atoms with van der Waals surface area (Å²) in [5.41, 5.74) is 0. The Kier molecular flexibility index (Phi) is 4.58. The van der Waals surface area contributed by atoms with Gasteiger partial charge in [-0.05, 0) is 6.42 Å². The minimum Gasteiger partial charge on any atom is -0.354 e. The van der Waals surface area contributed by atoms with Crippen molar-refractivity contribution >= 4 is 15.8 Å². The molecule has 0 N–H and O–H groups in total. The largest absolute Gasteiger partial charge is 0.354 e. The smallest absolute Gasteiger partial charge is 0.214 e. The number of piperazine rings is 1. The van der Waals surface area contributed by atoms with Crippen molar-refractivity contribution in [3.8, 4) is 5.82 Å². The van der Waals surface area contributed by atoms with Gasteiger partial charge in [0, 0.05) is 44.6 Å².